The molecule has 2 fully saturated rings. The summed E-state index contributed by atoms with van der Waals surface area (Å²) in [4.78, 5) is 38.5. The van der Waals surface area contributed by atoms with Crippen molar-refractivity contribution < 1.29 is 14.4 Å². The van der Waals surface area contributed by atoms with Crippen molar-refractivity contribution in [3.63, 3.8) is 0 Å². The molecule has 2 N–H and O–H groups in total. The van der Waals surface area contributed by atoms with Gasteiger partial charge in [-0.15, -0.1) is 0 Å². The number of carbonyl (C=O) groups is 3. The van der Waals surface area contributed by atoms with E-state index in [2.05, 4.69) is 16.7 Å². The molecule has 1 aromatic rings. The van der Waals surface area contributed by atoms with Crippen molar-refractivity contribution in [1.29, 1.82) is 0 Å². The normalized spacial score (nSPS) is 24.3. The van der Waals surface area contributed by atoms with E-state index in [-0.39, 0.29) is 24.4 Å². The van der Waals surface area contributed by atoms with Gasteiger partial charge in [-0.3, -0.25) is 14.5 Å². The van der Waals surface area contributed by atoms with Gasteiger partial charge in [-0.25, -0.2) is 4.79 Å². The first kappa shape index (κ1) is 16.1. The Labute approximate surface area is 147 Å². The molecule has 6 nitrogen and oxygen atoms in total. The van der Waals surface area contributed by atoms with Gasteiger partial charge in [-0.2, -0.15) is 0 Å². The molecule has 132 valence electrons. The Kier molecular flexibility index (Phi) is 3.98. The predicted molar refractivity (Wildman–Crippen MR) is 91.7 cm³/mol. The fraction of sp³-hybridized carbons (Fsp3) is 0.526. The molecule has 1 aliphatic heterocycles. The molecule has 1 saturated heterocycles. The van der Waals surface area contributed by atoms with Gasteiger partial charge in [0.25, 0.3) is 5.91 Å². The van der Waals surface area contributed by atoms with Crippen LogP contribution < -0.4 is 10.6 Å². The second-order valence-electron chi connectivity index (χ2n) is 7.32. The third-order valence-corrected chi connectivity index (χ3v) is 5.72. The molecule has 4 rings (SSSR count). The van der Waals surface area contributed by atoms with Gasteiger partial charge in [-0.05, 0) is 36.8 Å². The Hall–Kier alpha value is -2.37. The lowest BCUT2D eigenvalue weighted by Gasteiger charge is -2.30. The highest BCUT2D eigenvalue weighted by Crippen LogP contribution is 2.34. The van der Waals surface area contributed by atoms with Gasteiger partial charge in [-0.1, -0.05) is 43.5 Å². The molecule has 1 atom stereocenters. The molecule has 2 aliphatic carbocycles. The van der Waals surface area contributed by atoms with Gasteiger partial charge >= 0.3 is 6.03 Å². The van der Waals surface area contributed by atoms with Gasteiger partial charge in [0.2, 0.25) is 5.91 Å². The van der Waals surface area contributed by atoms with E-state index in [1.807, 2.05) is 18.2 Å². The first-order chi connectivity index (χ1) is 12.1. The van der Waals surface area contributed by atoms with Crippen LogP contribution in [0, 0.1) is 0 Å². The number of nitrogens with one attached hydrogen (secondary N) is 2. The van der Waals surface area contributed by atoms with E-state index in [4.69, 9.17) is 0 Å². The van der Waals surface area contributed by atoms with E-state index in [0.717, 1.165) is 42.6 Å². The van der Waals surface area contributed by atoms with E-state index >= 15 is 0 Å². The number of aryl methyl sites for hydroxylation is 1. The standard InChI is InChI=1S/C19H23N3O3/c23-16(20-15-9-8-13-6-2-3-7-14(13)15)12-22-17(24)19(21-18(22)25)10-4-1-5-11-19/h2-3,6-7,15H,1,4-5,8-12H2,(H,20,23)(H,21,25)/t15-/m1/s1. The maximum Gasteiger partial charge on any atom is 0.325 e. The number of hydrogen-bond acceptors (Lipinski definition) is 3. The van der Waals surface area contributed by atoms with Gasteiger partial charge < -0.3 is 10.6 Å². The molecule has 3 aliphatic rings. The topological polar surface area (TPSA) is 78.5 Å². The maximum absolute atomic E-state index is 12.7. The molecule has 6 heteroatoms. The van der Waals surface area contributed by atoms with Crippen LogP contribution in [-0.2, 0) is 16.0 Å². The molecule has 0 radical (unpaired) electrons. The molecule has 1 aromatic carbocycles. The van der Waals surface area contributed by atoms with Crippen molar-refractivity contribution in [2.24, 2.45) is 0 Å². The van der Waals surface area contributed by atoms with Crippen LogP contribution in [0.25, 0.3) is 0 Å². The number of carbonyl (C=O) groups excluding carboxylic acids is 3. The van der Waals surface area contributed by atoms with Crippen molar-refractivity contribution >= 4 is 17.8 Å². The van der Waals surface area contributed by atoms with E-state index < -0.39 is 11.6 Å². The summed E-state index contributed by atoms with van der Waals surface area (Å²) in [6, 6.07) is 7.60. The summed E-state index contributed by atoms with van der Waals surface area (Å²) in [6.07, 6.45) is 6.10. The van der Waals surface area contributed by atoms with Gasteiger partial charge in [0, 0.05) is 0 Å². The lowest BCUT2D eigenvalue weighted by atomic mass is 9.82. The zero-order valence-corrected chi connectivity index (χ0v) is 14.2. The maximum atomic E-state index is 12.7. The number of rotatable bonds is 3. The Morgan fingerprint density at radius 3 is 2.76 bits per heavy atom. The molecular formula is C19H23N3O3. The largest absolute Gasteiger partial charge is 0.348 e. The van der Waals surface area contributed by atoms with E-state index in [1.165, 1.54) is 5.56 Å². The van der Waals surface area contributed by atoms with Crippen LogP contribution in [0.4, 0.5) is 4.79 Å². The Balaban J connectivity index is 1.41. The Morgan fingerprint density at radius 2 is 1.96 bits per heavy atom. The minimum atomic E-state index is -0.768. The molecular weight excluding hydrogens is 318 g/mol. The van der Waals surface area contributed by atoms with E-state index in [9.17, 15) is 14.4 Å². The predicted octanol–water partition coefficient (Wildman–Crippen LogP) is 2.04. The summed E-state index contributed by atoms with van der Waals surface area (Å²) in [5, 5.41) is 5.82. The second-order valence-corrected chi connectivity index (χ2v) is 7.32. The molecule has 0 bridgehead atoms. The van der Waals surface area contributed by atoms with E-state index in [0.29, 0.717) is 12.8 Å². The third-order valence-electron chi connectivity index (χ3n) is 5.72. The van der Waals surface area contributed by atoms with Gasteiger partial charge in [0.15, 0.2) is 0 Å². The third kappa shape index (κ3) is 2.79. The van der Waals surface area contributed by atoms with Crippen LogP contribution in [-0.4, -0.2) is 34.8 Å². The molecule has 1 spiro atoms. The average Bonchev–Trinajstić information content (AvgIpc) is 3.11. The van der Waals surface area contributed by atoms with Gasteiger partial charge in [0.05, 0.1) is 6.04 Å². The van der Waals surface area contributed by atoms with Crippen LogP contribution in [0.3, 0.4) is 0 Å². The minimum absolute atomic E-state index is 0.0342. The van der Waals surface area contributed by atoms with Crippen LogP contribution in [0.1, 0.15) is 55.7 Å². The minimum Gasteiger partial charge on any atom is -0.348 e. The number of hydrogen-bond donors (Lipinski definition) is 2. The molecule has 0 unspecified atom stereocenters. The average molecular weight is 341 g/mol. The quantitative estimate of drug-likeness (QED) is 0.826. The van der Waals surface area contributed by atoms with E-state index in [1.54, 1.807) is 0 Å². The van der Waals surface area contributed by atoms with Crippen LogP contribution >= 0.6 is 0 Å². The Morgan fingerprint density at radius 1 is 1.20 bits per heavy atom. The van der Waals surface area contributed by atoms with Crippen molar-refractivity contribution in [3.05, 3.63) is 35.4 Å². The SMILES string of the molecule is O=C(CN1C(=O)NC2(CCCCC2)C1=O)N[C@@H]1CCc2ccccc21. The molecule has 25 heavy (non-hydrogen) atoms. The highest BCUT2D eigenvalue weighted by atomic mass is 16.2. The van der Waals surface area contributed by atoms with Crippen LogP contribution in [0.2, 0.25) is 0 Å². The molecule has 1 heterocycles. The number of benzene rings is 1. The van der Waals surface area contributed by atoms with Crippen molar-refractivity contribution in [2.75, 3.05) is 6.54 Å². The van der Waals surface area contributed by atoms with Crippen LogP contribution in [0.5, 0.6) is 0 Å². The van der Waals surface area contributed by atoms with Gasteiger partial charge in [0.1, 0.15) is 12.1 Å². The number of urea groups is 1. The summed E-state index contributed by atoms with van der Waals surface area (Å²) in [5.74, 6) is -0.516. The zero-order chi connectivity index (χ0) is 17.4. The van der Waals surface area contributed by atoms with Crippen molar-refractivity contribution in [2.45, 2.75) is 56.5 Å². The summed E-state index contributed by atoms with van der Waals surface area (Å²) in [6.45, 7) is -0.203. The molecule has 1 saturated carbocycles. The second kappa shape index (κ2) is 6.17. The fourth-order valence-electron chi connectivity index (χ4n) is 4.40. The Bertz CT molecular complexity index is 724. The fourth-order valence-corrected chi connectivity index (χ4v) is 4.40. The number of imide groups is 1. The van der Waals surface area contributed by atoms with Crippen LogP contribution in [0.15, 0.2) is 24.3 Å². The lowest BCUT2D eigenvalue weighted by Crippen LogP contribution is -2.49. The van der Waals surface area contributed by atoms with Crippen molar-refractivity contribution in [3.8, 4) is 0 Å². The summed E-state index contributed by atoms with van der Waals surface area (Å²) in [7, 11) is 0. The first-order valence-electron chi connectivity index (χ1n) is 9.10. The summed E-state index contributed by atoms with van der Waals surface area (Å²) < 4.78 is 0. The number of nitrogens with zero attached hydrogens (tertiary/aromatic N) is 1. The smallest absolute Gasteiger partial charge is 0.325 e. The number of fused-ring (bicyclic) bond motifs is 1. The molecule has 4 amide bonds. The molecule has 0 aromatic heterocycles. The highest BCUT2D eigenvalue weighted by molar-refractivity contribution is 6.09. The highest BCUT2D eigenvalue weighted by Gasteiger charge is 2.51. The van der Waals surface area contributed by atoms with Crippen molar-refractivity contribution in [1.82, 2.24) is 15.5 Å². The first-order valence-corrected chi connectivity index (χ1v) is 9.10. The zero-order valence-electron chi connectivity index (χ0n) is 14.2. The monoisotopic (exact) mass is 341 g/mol. The summed E-state index contributed by atoms with van der Waals surface area (Å²) in [5.41, 5.74) is 1.62. The summed E-state index contributed by atoms with van der Waals surface area (Å²) >= 11 is 0. The lowest BCUT2D eigenvalue weighted by molar-refractivity contribution is -0.136. The number of amides is 4.